The number of ether oxygens (including phenoxy) is 2. The molecule has 2 N–H and O–H groups in total. The molecule has 0 aromatic heterocycles. The average Bonchev–Trinajstić information content (AvgIpc) is 2.82. The van der Waals surface area contributed by atoms with Gasteiger partial charge in [-0.25, -0.2) is 9.78 Å². The molecule has 0 radical (unpaired) electrons. The van der Waals surface area contributed by atoms with E-state index in [1.165, 1.54) is 37.7 Å². The van der Waals surface area contributed by atoms with Crippen LogP contribution in [0.15, 0.2) is 24.3 Å². The molecule has 32 heavy (non-hydrogen) atoms. The van der Waals surface area contributed by atoms with Crippen LogP contribution in [0.1, 0.15) is 82.1 Å². The van der Waals surface area contributed by atoms with Crippen molar-refractivity contribution in [3.63, 3.8) is 0 Å². The van der Waals surface area contributed by atoms with Crippen molar-refractivity contribution in [2.75, 3.05) is 20.3 Å². The van der Waals surface area contributed by atoms with Gasteiger partial charge in [0, 0.05) is 18.9 Å². The lowest BCUT2D eigenvalue weighted by atomic mass is 9.53. The predicted molar refractivity (Wildman–Crippen MR) is 124 cm³/mol. The van der Waals surface area contributed by atoms with Gasteiger partial charge in [0.15, 0.2) is 0 Å². The van der Waals surface area contributed by atoms with Crippen molar-refractivity contribution in [3.05, 3.63) is 29.8 Å². The first-order valence-electron chi connectivity index (χ1n) is 13.0. The maximum atomic E-state index is 6.26. The molecule has 0 atom stereocenters. The summed E-state index contributed by atoms with van der Waals surface area (Å²) in [6.45, 7) is 1.47. The van der Waals surface area contributed by atoms with Gasteiger partial charge in [-0.15, -0.1) is 0 Å². The van der Waals surface area contributed by atoms with Crippen molar-refractivity contribution in [1.82, 2.24) is 0 Å². The molecular formula is C27H41NO4. The molecule has 0 aliphatic heterocycles. The van der Waals surface area contributed by atoms with Crippen LogP contribution in [-0.4, -0.2) is 32.2 Å². The van der Waals surface area contributed by atoms with Crippen LogP contribution in [0.25, 0.3) is 0 Å². The summed E-state index contributed by atoms with van der Waals surface area (Å²) in [6, 6.07) is 8.68. The van der Waals surface area contributed by atoms with E-state index in [1.807, 2.05) is 7.11 Å². The van der Waals surface area contributed by atoms with Crippen LogP contribution in [-0.2, 0) is 14.5 Å². The van der Waals surface area contributed by atoms with Crippen molar-refractivity contribution in [2.45, 2.75) is 88.4 Å². The summed E-state index contributed by atoms with van der Waals surface area (Å²) in [7, 11) is 1.83. The monoisotopic (exact) mass is 443 g/mol. The molecular weight excluding hydrogens is 402 g/mol. The summed E-state index contributed by atoms with van der Waals surface area (Å²) < 4.78 is 11.9. The Hall–Kier alpha value is -1.14. The fourth-order valence-electron chi connectivity index (χ4n) is 7.25. The molecule has 5 nitrogen and oxygen atoms in total. The van der Waals surface area contributed by atoms with Crippen LogP contribution in [0.5, 0.6) is 5.75 Å². The third kappa shape index (κ3) is 4.59. The van der Waals surface area contributed by atoms with E-state index in [2.05, 4.69) is 24.3 Å². The van der Waals surface area contributed by atoms with Crippen LogP contribution in [0.2, 0.25) is 0 Å². The lowest BCUT2D eigenvalue weighted by molar-refractivity contribution is -0.485. The molecule has 5 aliphatic carbocycles. The Morgan fingerprint density at radius 1 is 0.875 bits per heavy atom. The molecule has 0 spiro atoms. The van der Waals surface area contributed by atoms with Gasteiger partial charge < -0.3 is 15.2 Å². The summed E-state index contributed by atoms with van der Waals surface area (Å²) >= 11 is 0. The summed E-state index contributed by atoms with van der Waals surface area (Å²) in [6.07, 6.45) is 13.0. The van der Waals surface area contributed by atoms with Crippen LogP contribution in [0, 0.1) is 23.7 Å². The van der Waals surface area contributed by atoms with E-state index in [9.17, 15) is 0 Å². The van der Waals surface area contributed by atoms with Crippen molar-refractivity contribution < 1.29 is 19.2 Å². The number of hydrogen-bond acceptors (Lipinski definition) is 5. The number of unbranched alkanes of at least 4 members (excludes halogenated alkanes) is 1. The van der Waals surface area contributed by atoms with Crippen LogP contribution in [0.4, 0.5) is 0 Å². The number of nitrogens with two attached hydrogens (primary N) is 1. The maximum absolute atomic E-state index is 6.26. The second kappa shape index (κ2) is 10.0. The molecule has 178 valence electrons. The number of rotatable bonds is 10. The highest BCUT2D eigenvalue weighted by molar-refractivity contribution is 5.29. The minimum absolute atomic E-state index is 0.181. The first-order valence-corrected chi connectivity index (χ1v) is 13.0. The Morgan fingerprint density at radius 2 is 1.53 bits per heavy atom. The maximum Gasteiger partial charge on any atom is 0.207 e. The molecule has 5 fully saturated rings. The molecule has 6 rings (SSSR count). The van der Waals surface area contributed by atoms with E-state index in [0.717, 1.165) is 69.3 Å². The summed E-state index contributed by atoms with van der Waals surface area (Å²) in [5.74, 6) is 3.86. The smallest absolute Gasteiger partial charge is 0.207 e. The largest absolute Gasteiger partial charge is 0.494 e. The zero-order valence-electron chi connectivity index (χ0n) is 19.7. The van der Waals surface area contributed by atoms with Crippen LogP contribution in [0.3, 0.4) is 0 Å². The fraction of sp³-hybridized carbons (Fsp3) is 0.778. The van der Waals surface area contributed by atoms with Gasteiger partial charge in [0.25, 0.3) is 0 Å². The van der Waals surface area contributed by atoms with Gasteiger partial charge in [0.1, 0.15) is 5.75 Å². The topological polar surface area (TPSA) is 62.9 Å². The third-order valence-electron chi connectivity index (χ3n) is 8.80. The van der Waals surface area contributed by atoms with Gasteiger partial charge in [-0.05, 0) is 113 Å². The molecule has 5 saturated carbocycles. The van der Waals surface area contributed by atoms with Gasteiger partial charge in [-0.1, -0.05) is 12.1 Å². The van der Waals surface area contributed by atoms with E-state index in [0.29, 0.717) is 17.8 Å². The van der Waals surface area contributed by atoms with E-state index < -0.39 is 5.79 Å². The van der Waals surface area contributed by atoms with E-state index >= 15 is 0 Å². The number of benzene rings is 1. The fourth-order valence-corrected chi connectivity index (χ4v) is 7.25. The molecule has 5 aliphatic rings. The first kappa shape index (κ1) is 22.6. The number of hydrogen-bond donors (Lipinski definition) is 1. The SMILES string of the molecule is COC1(OOC2CCC(c3ccc(OCCCCN)cc3)CC2)C2CC3CC(C2)CC1C3. The quantitative estimate of drug-likeness (QED) is 0.221. The van der Waals surface area contributed by atoms with Crippen molar-refractivity contribution in [2.24, 2.45) is 29.4 Å². The van der Waals surface area contributed by atoms with Crippen molar-refractivity contribution >= 4 is 0 Å². The van der Waals surface area contributed by atoms with Gasteiger partial charge >= 0.3 is 0 Å². The summed E-state index contributed by atoms with van der Waals surface area (Å²) in [5, 5.41) is 0. The molecule has 5 heteroatoms. The molecule has 0 heterocycles. The molecule has 0 saturated heterocycles. The Labute approximate surface area is 193 Å². The minimum Gasteiger partial charge on any atom is -0.494 e. The van der Waals surface area contributed by atoms with Gasteiger partial charge in [-0.3, -0.25) is 0 Å². The number of methoxy groups -OCH3 is 1. The second-order valence-electron chi connectivity index (χ2n) is 10.8. The standard InChI is InChI=1S/C27H41NO4/c1-29-27(23-15-19-14-20(17-23)18-24(27)16-19)32-31-26-10-6-22(7-11-26)21-4-8-25(9-5-21)30-13-3-2-12-28/h4-5,8-9,19-20,22-24,26H,2-3,6-7,10-18,28H2,1H3. The molecule has 0 amide bonds. The molecule has 1 aromatic rings. The highest BCUT2D eigenvalue weighted by atomic mass is 17.2. The van der Waals surface area contributed by atoms with Crippen LogP contribution >= 0.6 is 0 Å². The zero-order chi connectivity index (χ0) is 22.0. The highest BCUT2D eigenvalue weighted by Gasteiger charge is 2.60. The van der Waals surface area contributed by atoms with Crippen molar-refractivity contribution in [3.8, 4) is 5.75 Å². The van der Waals surface area contributed by atoms with E-state index in [4.69, 9.17) is 25.0 Å². The first-order chi connectivity index (χ1) is 15.7. The minimum atomic E-state index is -0.496. The third-order valence-corrected chi connectivity index (χ3v) is 8.80. The van der Waals surface area contributed by atoms with Gasteiger partial charge in [0.2, 0.25) is 5.79 Å². The normalized spacial score (nSPS) is 38.2. The molecule has 4 bridgehead atoms. The van der Waals surface area contributed by atoms with E-state index in [-0.39, 0.29) is 6.10 Å². The van der Waals surface area contributed by atoms with Crippen LogP contribution < -0.4 is 10.5 Å². The molecule has 0 unspecified atom stereocenters. The average molecular weight is 444 g/mol. The molecule has 1 aromatic carbocycles. The van der Waals surface area contributed by atoms with Gasteiger partial charge in [-0.2, -0.15) is 0 Å². The Morgan fingerprint density at radius 3 is 2.12 bits per heavy atom. The second-order valence-corrected chi connectivity index (χ2v) is 10.8. The zero-order valence-corrected chi connectivity index (χ0v) is 19.7. The highest BCUT2D eigenvalue weighted by Crippen LogP contribution is 2.60. The summed E-state index contributed by atoms with van der Waals surface area (Å²) in [5.41, 5.74) is 6.95. The Bertz CT molecular complexity index is 700. The van der Waals surface area contributed by atoms with Crippen molar-refractivity contribution in [1.29, 1.82) is 0 Å². The Kier molecular flexibility index (Phi) is 7.08. The predicted octanol–water partition coefficient (Wildman–Crippen LogP) is 5.58. The van der Waals surface area contributed by atoms with E-state index in [1.54, 1.807) is 0 Å². The lowest BCUT2D eigenvalue weighted by Gasteiger charge is -2.58. The Balaban J connectivity index is 1.09. The lowest BCUT2D eigenvalue weighted by Crippen LogP contribution is -2.60. The van der Waals surface area contributed by atoms with Gasteiger partial charge in [0.05, 0.1) is 12.7 Å². The summed E-state index contributed by atoms with van der Waals surface area (Å²) in [4.78, 5) is 12.4.